The van der Waals surface area contributed by atoms with Crippen LogP contribution < -0.4 is 4.74 Å². The van der Waals surface area contributed by atoms with Gasteiger partial charge in [0.1, 0.15) is 17.9 Å². The van der Waals surface area contributed by atoms with E-state index in [4.69, 9.17) is 4.74 Å². The minimum absolute atomic E-state index is 0.0996. The van der Waals surface area contributed by atoms with Crippen molar-refractivity contribution in [3.05, 3.63) is 24.5 Å². The van der Waals surface area contributed by atoms with Crippen molar-refractivity contribution in [1.29, 1.82) is 0 Å². The Hall–Kier alpha value is -2.11. The number of amides is 2. The van der Waals surface area contributed by atoms with Gasteiger partial charge in [-0.1, -0.05) is 26.2 Å². The monoisotopic (exact) mass is 385 g/mol. The SMILES string of the molecule is CC1(C(=O)N2C[C@@H](Oc3cccnc3)C[C@H]2C(=O)N2CCCC2)CCCCC1. The molecule has 6 nitrogen and oxygen atoms in total. The first kappa shape index (κ1) is 19.2. The first-order valence-electron chi connectivity index (χ1n) is 10.7. The topological polar surface area (TPSA) is 62.7 Å². The van der Waals surface area contributed by atoms with Crippen molar-refractivity contribution in [3.8, 4) is 5.75 Å². The van der Waals surface area contributed by atoms with Crippen LogP contribution in [0.3, 0.4) is 0 Å². The number of carbonyl (C=O) groups excluding carboxylic acids is 2. The van der Waals surface area contributed by atoms with Gasteiger partial charge >= 0.3 is 0 Å². The molecule has 0 bridgehead atoms. The molecule has 2 saturated heterocycles. The van der Waals surface area contributed by atoms with Crippen molar-refractivity contribution >= 4 is 11.8 Å². The fourth-order valence-corrected chi connectivity index (χ4v) is 4.99. The zero-order valence-electron chi connectivity index (χ0n) is 16.8. The van der Waals surface area contributed by atoms with Gasteiger partial charge in [0.05, 0.1) is 12.7 Å². The summed E-state index contributed by atoms with van der Waals surface area (Å²) in [7, 11) is 0. The smallest absolute Gasteiger partial charge is 0.245 e. The molecule has 1 saturated carbocycles. The number of carbonyl (C=O) groups is 2. The van der Waals surface area contributed by atoms with E-state index in [1.54, 1.807) is 12.4 Å². The summed E-state index contributed by atoms with van der Waals surface area (Å²) in [6, 6.07) is 3.31. The lowest BCUT2D eigenvalue weighted by Crippen LogP contribution is -2.51. The number of likely N-dealkylation sites (tertiary alicyclic amines) is 2. The van der Waals surface area contributed by atoms with Crippen molar-refractivity contribution in [2.24, 2.45) is 5.41 Å². The molecule has 2 amide bonds. The molecule has 0 radical (unpaired) electrons. The predicted molar refractivity (Wildman–Crippen MR) is 106 cm³/mol. The molecule has 6 heteroatoms. The van der Waals surface area contributed by atoms with E-state index in [9.17, 15) is 9.59 Å². The molecule has 0 unspecified atom stereocenters. The molecule has 3 heterocycles. The molecule has 3 fully saturated rings. The lowest BCUT2D eigenvalue weighted by Gasteiger charge is -2.38. The Bertz CT molecular complexity index is 696. The van der Waals surface area contributed by atoms with Gasteiger partial charge in [-0.2, -0.15) is 0 Å². The Kier molecular flexibility index (Phi) is 5.56. The molecule has 0 N–H and O–H groups in total. The highest BCUT2D eigenvalue weighted by Crippen LogP contribution is 2.39. The van der Waals surface area contributed by atoms with Crippen LogP contribution >= 0.6 is 0 Å². The molecular formula is C22H31N3O3. The molecule has 3 aliphatic rings. The largest absolute Gasteiger partial charge is 0.487 e. The van der Waals surface area contributed by atoms with Crippen LogP contribution in [0.5, 0.6) is 5.75 Å². The lowest BCUT2D eigenvalue weighted by atomic mass is 9.74. The quantitative estimate of drug-likeness (QED) is 0.799. The Morgan fingerprint density at radius 3 is 2.57 bits per heavy atom. The highest BCUT2D eigenvalue weighted by molar-refractivity contribution is 5.91. The molecule has 1 aromatic rings. The van der Waals surface area contributed by atoms with E-state index in [1.807, 2.05) is 21.9 Å². The summed E-state index contributed by atoms with van der Waals surface area (Å²) in [5, 5.41) is 0. The molecule has 0 spiro atoms. The van der Waals surface area contributed by atoms with Gasteiger partial charge in [-0.05, 0) is 37.8 Å². The van der Waals surface area contributed by atoms with Crippen molar-refractivity contribution in [3.63, 3.8) is 0 Å². The van der Waals surface area contributed by atoms with Crippen molar-refractivity contribution < 1.29 is 14.3 Å². The highest BCUT2D eigenvalue weighted by Gasteiger charge is 2.47. The molecular weight excluding hydrogens is 354 g/mol. The van der Waals surface area contributed by atoms with Crippen molar-refractivity contribution in [1.82, 2.24) is 14.8 Å². The van der Waals surface area contributed by atoms with Crippen molar-refractivity contribution in [2.75, 3.05) is 19.6 Å². The zero-order valence-corrected chi connectivity index (χ0v) is 16.8. The number of pyridine rings is 1. The van der Waals surface area contributed by atoms with Crippen LogP contribution in [0.2, 0.25) is 0 Å². The molecule has 2 atom stereocenters. The first-order valence-corrected chi connectivity index (χ1v) is 10.7. The number of hydrogen-bond donors (Lipinski definition) is 0. The van der Waals surface area contributed by atoms with Gasteiger partial charge in [-0.25, -0.2) is 0 Å². The molecule has 1 aliphatic carbocycles. The summed E-state index contributed by atoms with van der Waals surface area (Å²) >= 11 is 0. The van der Waals surface area contributed by atoms with Crippen LogP contribution in [0.25, 0.3) is 0 Å². The summed E-state index contributed by atoms with van der Waals surface area (Å²) in [6.07, 6.45) is 11.1. The second-order valence-electron chi connectivity index (χ2n) is 8.79. The Morgan fingerprint density at radius 1 is 1.14 bits per heavy atom. The highest BCUT2D eigenvalue weighted by atomic mass is 16.5. The maximum Gasteiger partial charge on any atom is 0.245 e. The van der Waals surface area contributed by atoms with Gasteiger partial charge in [-0.3, -0.25) is 14.6 Å². The molecule has 2 aliphatic heterocycles. The molecule has 152 valence electrons. The van der Waals surface area contributed by atoms with Gasteiger partial charge in [0.15, 0.2) is 0 Å². The van der Waals surface area contributed by atoms with Crippen LogP contribution in [-0.2, 0) is 9.59 Å². The average Bonchev–Trinajstić information content (AvgIpc) is 3.38. The van der Waals surface area contributed by atoms with E-state index in [0.29, 0.717) is 18.7 Å². The number of nitrogens with zero attached hydrogens (tertiary/aromatic N) is 3. The third-order valence-electron chi connectivity index (χ3n) is 6.64. The first-order chi connectivity index (χ1) is 13.6. The Morgan fingerprint density at radius 2 is 1.89 bits per heavy atom. The third-order valence-corrected chi connectivity index (χ3v) is 6.64. The zero-order chi connectivity index (χ0) is 19.6. The second kappa shape index (κ2) is 8.10. The van der Waals surface area contributed by atoms with Crippen LogP contribution in [-0.4, -0.2) is 58.4 Å². The standard InChI is InChI=1S/C22H31N3O3/c1-22(9-3-2-4-10-22)21(27)25-16-18(28-17-8-7-11-23-15-17)14-19(25)20(26)24-12-5-6-13-24/h7-8,11,15,18-19H,2-6,9-10,12-14,16H2,1H3/t18-,19-/m0/s1. The molecule has 1 aromatic heterocycles. The number of rotatable bonds is 4. The van der Waals surface area contributed by atoms with Crippen molar-refractivity contribution in [2.45, 2.75) is 70.4 Å². The Balaban J connectivity index is 1.53. The lowest BCUT2D eigenvalue weighted by molar-refractivity contribution is -0.150. The number of ether oxygens (including phenoxy) is 1. The minimum Gasteiger partial charge on any atom is -0.487 e. The van der Waals surface area contributed by atoms with E-state index in [1.165, 1.54) is 6.42 Å². The maximum absolute atomic E-state index is 13.5. The van der Waals surface area contributed by atoms with E-state index < -0.39 is 6.04 Å². The van der Waals surface area contributed by atoms with Crippen LogP contribution in [0.1, 0.15) is 58.3 Å². The molecule has 4 rings (SSSR count). The summed E-state index contributed by atoms with van der Waals surface area (Å²) < 4.78 is 6.09. The molecule has 0 aromatic carbocycles. The third kappa shape index (κ3) is 3.87. The van der Waals surface area contributed by atoms with Crippen LogP contribution in [0, 0.1) is 5.41 Å². The van der Waals surface area contributed by atoms with E-state index in [-0.39, 0.29) is 23.3 Å². The average molecular weight is 386 g/mol. The fourth-order valence-electron chi connectivity index (χ4n) is 4.99. The van der Waals surface area contributed by atoms with Crippen LogP contribution in [0.4, 0.5) is 0 Å². The maximum atomic E-state index is 13.5. The summed E-state index contributed by atoms with van der Waals surface area (Å²) in [6.45, 7) is 4.18. The number of hydrogen-bond acceptors (Lipinski definition) is 4. The molecule has 28 heavy (non-hydrogen) atoms. The summed E-state index contributed by atoms with van der Waals surface area (Å²) in [5.74, 6) is 0.933. The minimum atomic E-state index is -0.397. The predicted octanol–water partition coefficient (Wildman–Crippen LogP) is 3.02. The van der Waals surface area contributed by atoms with E-state index in [0.717, 1.165) is 51.6 Å². The van der Waals surface area contributed by atoms with Crippen LogP contribution in [0.15, 0.2) is 24.5 Å². The second-order valence-corrected chi connectivity index (χ2v) is 8.79. The van der Waals surface area contributed by atoms with E-state index >= 15 is 0 Å². The van der Waals surface area contributed by atoms with Gasteiger partial charge < -0.3 is 14.5 Å². The summed E-state index contributed by atoms with van der Waals surface area (Å²) in [5.41, 5.74) is -0.342. The fraction of sp³-hybridized carbons (Fsp3) is 0.682. The van der Waals surface area contributed by atoms with Gasteiger partial charge in [0, 0.05) is 31.1 Å². The van der Waals surface area contributed by atoms with Gasteiger partial charge in [-0.15, -0.1) is 0 Å². The van der Waals surface area contributed by atoms with Gasteiger partial charge in [0.25, 0.3) is 0 Å². The van der Waals surface area contributed by atoms with Gasteiger partial charge in [0.2, 0.25) is 11.8 Å². The Labute approximate surface area is 167 Å². The number of aromatic nitrogens is 1. The normalized spacial score (nSPS) is 27.0. The summed E-state index contributed by atoms with van der Waals surface area (Å²) in [4.78, 5) is 34.6. The van der Waals surface area contributed by atoms with E-state index in [2.05, 4.69) is 11.9 Å².